The molecule has 2 N–H and O–H groups in total. The quantitative estimate of drug-likeness (QED) is 0.590. The maximum absolute atomic E-state index is 10.7. The Hall–Kier alpha value is -0.990. The summed E-state index contributed by atoms with van der Waals surface area (Å²) in [6.45, 7) is 5.42. The second-order valence-electron chi connectivity index (χ2n) is 2.15. The fourth-order valence-corrected chi connectivity index (χ4v) is 0.640. The van der Waals surface area contributed by atoms with Gasteiger partial charge in [-0.25, -0.2) is 0 Å². The highest BCUT2D eigenvalue weighted by Crippen LogP contribution is 1.88. The highest BCUT2D eigenvalue weighted by Gasteiger charge is 2.03. The number of carbonyl (C=O) groups is 1. The predicted octanol–water partition coefficient (Wildman–Crippen LogP) is 0.244. The van der Waals surface area contributed by atoms with Crippen LogP contribution in [0.2, 0.25) is 0 Å². The Morgan fingerprint density at radius 3 is 2.80 bits per heavy atom. The molecule has 3 nitrogen and oxygen atoms in total. The molecule has 0 bridgehead atoms. The van der Waals surface area contributed by atoms with E-state index in [4.69, 9.17) is 0 Å². The minimum atomic E-state index is 0.0434. The van der Waals surface area contributed by atoms with Crippen molar-refractivity contribution in [2.45, 2.75) is 19.4 Å². The molecule has 58 valence electrons. The highest BCUT2D eigenvalue weighted by atomic mass is 16.1. The SMILES string of the molecule is C=CNC(C)CC(=O)NC. The van der Waals surface area contributed by atoms with E-state index in [0.29, 0.717) is 6.42 Å². The molecule has 0 fully saturated rings. The smallest absolute Gasteiger partial charge is 0.221 e. The maximum Gasteiger partial charge on any atom is 0.221 e. The van der Waals surface area contributed by atoms with E-state index in [1.165, 1.54) is 0 Å². The Kier molecular flexibility index (Phi) is 4.37. The Balaban J connectivity index is 3.46. The van der Waals surface area contributed by atoms with E-state index in [0.717, 1.165) is 0 Å². The molecule has 1 unspecified atom stereocenters. The lowest BCUT2D eigenvalue weighted by Gasteiger charge is -2.08. The van der Waals surface area contributed by atoms with Gasteiger partial charge in [-0.15, -0.1) is 0 Å². The minimum Gasteiger partial charge on any atom is -0.388 e. The normalized spacial score (nSPS) is 11.8. The van der Waals surface area contributed by atoms with Crippen molar-refractivity contribution < 1.29 is 4.79 Å². The number of amides is 1. The molecule has 0 aromatic heterocycles. The van der Waals surface area contributed by atoms with Crippen LogP contribution in [0.1, 0.15) is 13.3 Å². The third-order valence-corrected chi connectivity index (χ3v) is 1.17. The zero-order valence-electron chi connectivity index (χ0n) is 6.48. The first kappa shape index (κ1) is 9.01. The fourth-order valence-electron chi connectivity index (χ4n) is 0.640. The molecule has 10 heavy (non-hydrogen) atoms. The van der Waals surface area contributed by atoms with Gasteiger partial charge in [0.25, 0.3) is 0 Å². The van der Waals surface area contributed by atoms with Gasteiger partial charge in [0, 0.05) is 19.5 Å². The van der Waals surface area contributed by atoms with E-state index >= 15 is 0 Å². The lowest BCUT2D eigenvalue weighted by molar-refractivity contribution is -0.120. The Morgan fingerprint density at radius 2 is 2.40 bits per heavy atom. The Bertz CT molecular complexity index is 123. The van der Waals surface area contributed by atoms with Gasteiger partial charge in [-0.05, 0) is 13.1 Å². The zero-order valence-corrected chi connectivity index (χ0v) is 6.48. The average molecular weight is 142 g/mol. The van der Waals surface area contributed by atoms with Crippen molar-refractivity contribution in [2.24, 2.45) is 0 Å². The molecule has 0 radical (unpaired) electrons. The van der Waals surface area contributed by atoms with E-state index in [9.17, 15) is 4.79 Å². The first-order chi connectivity index (χ1) is 4.70. The summed E-state index contributed by atoms with van der Waals surface area (Å²) in [5.74, 6) is 0.0434. The molecule has 0 spiro atoms. The van der Waals surface area contributed by atoms with E-state index in [1.54, 1.807) is 13.2 Å². The lowest BCUT2D eigenvalue weighted by atomic mass is 10.2. The highest BCUT2D eigenvalue weighted by molar-refractivity contribution is 5.76. The van der Waals surface area contributed by atoms with Gasteiger partial charge in [-0.3, -0.25) is 4.79 Å². The number of hydrogen-bond acceptors (Lipinski definition) is 2. The van der Waals surface area contributed by atoms with Gasteiger partial charge in [0.2, 0.25) is 5.91 Å². The van der Waals surface area contributed by atoms with Crippen LogP contribution >= 0.6 is 0 Å². The first-order valence-electron chi connectivity index (χ1n) is 3.28. The number of hydrogen-bond donors (Lipinski definition) is 2. The molecule has 0 aliphatic heterocycles. The summed E-state index contributed by atoms with van der Waals surface area (Å²) in [5, 5.41) is 5.45. The second kappa shape index (κ2) is 4.85. The third-order valence-electron chi connectivity index (χ3n) is 1.17. The van der Waals surface area contributed by atoms with E-state index in [-0.39, 0.29) is 11.9 Å². The monoisotopic (exact) mass is 142 g/mol. The van der Waals surface area contributed by atoms with Crippen LogP contribution in [0.25, 0.3) is 0 Å². The third kappa shape index (κ3) is 3.95. The largest absolute Gasteiger partial charge is 0.388 e. The molecule has 1 atom stereocenters. The molecule has 0 aliphatic rings. The number of rotatable bonds is 4. The van der Waals surface area contributed by atoms with Gasteiger partial charge >= 0.3 is 0 Å². The van der Waals surface area contributed by atoms with Crippen molar-refractivity contribution in [3.8, 4) is 0 Å². The Labute approximate surface area is 61.5 Å². The van der Waals surface area contributed by atoms with Crippen molar-refractivity contribution >= 4 is 5.91 Å². The molecule has 0 aromatic carbocycles. The average Bonchev–Trinajstić information content (AvgIpc) is 1.88. The van der Waals surface area contributed by atoms with E-state index in [2.05, 4.69) is 17.2 Å². The predicted molar refractivity (Wildman–Crippen MR) is 41.5 cm³/mol. The molecule has 0 aromatic rings. The maximum atomic E-state index is 10.7. The van der Waals surface area contributed by atoms with Crippen LogP contribution < -0.4 is 10.6 Å². The van der Waals surface area contributed by atoms with E-state index < -0.39 is 0 Å². The molecule has 3 heteroatoms. The van der Waals surface area contributed by atoms with Crippen molar-refractivity contribution in [1.82, 2.24) is 10.6 Å². The molecular weight excluding hydrogens is 128 g/mol. The van der Waals surface area contributed by atoms with Crippen LogP contribution in [0, 0.1) is 0 Å². The molecule has 0 aliphatic carbocycles. The zero-order chi connectivity index (χ0) is 7.98. The van der Waals surface area contributed by atoms with Crippen LogP contribution in [0.3, 0.4) is 0 Å². The number of nitrogens with one attached hydrogen (secondary N) is 2. The van der Waals surface area contributed by atoms with Crippen molar-refractivity contribution in [2.75, 3.05) is 7.05 Å². The summed E-state index contributed by atoms with van der Waals surface area (Å²) in [6, 6.07) is 0.164. The molecule has 1 amide bonds. The van der Waals surface area contributed by atoms with Crippen molar-refractivity contribution in [3.63, 3.8) is 0 Å². The minimum absolute atomic E-state index is 0.0434. The second-order valence-corrected chi connectivity index (χ2v) is 2.15. The van der Waals surface area contributed by atoms with Crippen LogP contribution in [-0.4, -0.2) is 19.0 Å². The summed E-state index contributed by atoms with van der Waals surface area (Å²) in [6.07, 6.45) is 2.08. The summed E-state index contributed by atoms with van der Waals surface area (Å²) in [4.78, 5) is 10.7. The van der Waals surface area contributed by atoms with Gasteiger partial charge in [0.15, 0.2) is 0 Å². The van der Waals surface area contributed by atoms with Crippen LogP contribution in [0.15, 0.2) is 12.8 Å². The molecular formula is C7H14N2O. The standard InChI is InChI=1S/C7H14N2O/c1-4-9-6(2)5-7(10)8-3/h4,6,9H,1,5H2,2-3H3,(H,8,10). The van der Waals surface area contributed by atoms with Gasteiger partial charge in [-0.1, -0.05) is 6.58 Å². The lowest BCUT2D eigenvalue weighted by Crippen LogP contribution is -2.29. The van der Waals surface area contributed by atoms with Gasteiger partial charge < -0.3 is 10.6 Å². The first-order valence-corrected chi connectivity index (χ1v) is 3.28. The molecule has 0 saturated heterocycles. The van der Waals surface area contributed by atoms with Gasteiger partial charge in [-0.2, -0.15) is 0 Å². The van der Waals surface area contributed by atoms with Crippen molar-refractivity contribution in [3.05, 3.63) is 12.8 Å². The topological polar surface area (TPSA) is 41.1 Å². The fraction of sp³-hybridized carbons (Fsp3) is 0.571. The Morgan fingerprint density at radius 1 is 1.80 bits per heavy atom. The van der Waals surface area contributed by atoms with Crippen LogP contribution in [-0.2, 0) is 4.79 Å². The van der Waals surface area contributed by atoms with Gasteiger partial charge in [0.05, 0.1) is 0 Å². The summed E-state index contributed by atoms with van der Waals surface area (Å²) < 4.78 is 0. The van der Waals surface area contributed by atoms with Crippen LogP contribution in [0.4, 0.5) is 0 Å². The summed E-state index contributed by atoms with van der Waals surface area (Å²) in [5.41, 5.74) is 0. The van der Waals surface area contributed by atoms with Crippen molar-refractivity contribution in [1.29, 1.82) is 0 Å². The van der Waals surface area contributed by atoms with Gasteiger partial charge in [0.1, 0.15) is 0 Å². The summed E-state index contributed by atoms with van der Waals surface area (Å²) >= 11 is 0. The number of carbonyl (C=O) groups excluding carboxylic acids is 1. The molecule has 0 heterocycles. The molecule has 0 saturated carbocycles. The molecule has 0 rings (SSSR count). The van der Waals surface area contributed by atoms with Crippen LogP contribution in [0.5, 0.6) is 0 Å². The van der Waals surface area contributed by atoms with E-state index in [1.807, 2.05) is 6.92 Å². The summed E-state index contributed by atoms with van der Waals surface area (Å²) in [7, 11) is 1.63.